The number of rotatable bonds is 6. The Morgan fingerprint density at radius 2 is 2.40 bits per heavy atom. The summed E-state index contributed by atoms with van der Waals surface area (Å²) >= 11 is 1.60. The van der Waals surface area contributed by atoms with Gasteiger partial charge in [-0.2, -0.15) is 0 Å². The minimum absolute atomic E-state index is 0.0252. The van der Waals surface area contributed by atoms with Crippen LogP contribution in [0.15, 0.2) is 36.0 Å². The lowest BCUT2D eigenvalue weighted by Crippen LogP contribution is -2.40. The summed E-state index contributed by atoms with van der Waals surface area (Å²) < 4.78 is 1.73. The number of nitrogens with zero attached hydrogens (tertiary/aromatic N) is 3. The van der Waals surface area contributed by atoms with Crippen LogP contribution in [0.25, 0.3) is 6.08 Å². The Hall–Kier alpha value is -1.95. The molecule has 0 aliphatic rings. The lowest BCUT2D eigenvalue weighted by molar-refractivity contribution is -0.117. The molecular formula is C14H18N4OS. The fraction of sp³-hybridized carbons (Fsp3) is 0.357. The normalized spacial score (nSPS) is 12.9. The van der Waals surface area contributed by atoms with Crippen LogP contribution in [0.2, 0.25) is 0 Å². The van der Waals surface area contributed by atoms with E-state index in [0.717, 1.165) is 4.88 Å². The Labute approximate surface area is 122 Å². The second-order valence-electron chi connectivity index (χ2n) is 4.83. The van der Waals surface area contributed by atoms with Gasteiger partial charge in [0.25, 0.3) is 0 Å². The largest absolute Gasteiger partial charge is 0.348 e. The second-order valence-corrected chi connectivity index (χ2v) is 5.81. The molecule has 1 amide bonds. The van der Waals surface area contributed by atoms with Crippen LogP contribution in [0.4, 0.5) is 0 Å². The number of nitrogens with one attached hydrogen (secondary N) is 1. The number of carbonyl (C=O) groups excluding carboxylic acids is 1. The van der Waals surface area contributed by atoms with Crippen LogP contribution < -0.4 is 5.32 Å². The monoisotopic (exact) mass is 290 g/mol. The van der Waals surface area contributed by atoms with Crippen molar-refractivity contribution in [3.63, 3.8) is 0 Å². The van der Waals surface area contributed by atoms with Crippen molar-refractivity contribution in [2.75, 3.05) is 0 Å². The van der Waals surface area contributed by atoms with Crippen molar-refractivity contribution >= 4 is 23.3 Å². The summed E-state index contributed by atoms with van der Waals surface area (Å²) in [6, 6.07) is 3.96. The van der Waals surface area contributed by atoms with Crippen LogP contribution >= 0.6 is 11.3 Å². The molecule has 0 bridgehead atoms. The lowest BCUT2D eigenvalue weighted by Gasteiger charge is -2.21. The standard InChI is InChI=1S/C14H18N4OS/c1-11(2)13(10-18-8-7-15-17-18)16-14(19)6-5-12-4-3-9-20-12/h3-9,11,13H,10H2,1-2H3,(H,16,19)/b6-5+/t13-/m1/s1. The third-order valence-corrected chi connectivity index (χ3v) is 3.77. The predicted octanol–water partition coefficient (Wildman–Crippen LogP) is 2.19. The maximum absolute atomic E-state index is 11.9. The number of hydrogen-bond acceptors (Lipinski definition) is 4. The second kappa shape index (κ2) is 7.00. The topological polar surface area (TPSA) is 59.8 Å². The van der Waals surface area contributed by atoms with Gasteiger partial charge in [0.2, 0.25) is 5.91 Å². The van der Waals surface area contributed by atoms with E-state index in [-0.39, 0.29) is 11.9 Å². The molecule has 0 saturated heterocycles. The maximum atomic E-state index is 11.9. The summed E-state index contributed by atoms with van der Waals surface area (Å²) in [5.41, 5.74) is 0. The van der Waals surface area contributed by atoms with Crippen molar-refractivity contribution in [3.8, 4) is 0 Å². The van der Waals surface area contributed by atoms with Crippen LogP contribution in [0.5, 0.6) is 0 Å². The van der Waals surface area contributed by atoms with Crippen molar-refractivity contribution in [3.05, 3.63) is 40.9 Å². The molecule has 0 aliphatic heterocycles. The summed E-state index contributed by atoms with van der Waals surface area (Å²) in [7, 11) is 0. The molecule has 2 aromatic rings. The van der Waals surface area contributed by atoms with Crippen molar-refractivity contribution in [1.29, 1.82) is 0 Å². The van der Waals surface area contributed by atoms with Crippen LogP contribution in [0, 0.1) is 5.92 Å². The van der Waals surface area contributed by atoms with Gasteiger partial charge < -0.3 is 5.32 Å². The van der Waals surface area contributed by atoms with Gasteiger partial charge in [-0.15, -0.1) is 16.4 Å². The smallest absolute Gasteiger partial charge is 0.244 e. The quantitative estimate of drug-likeness (QED) is 0.830. The van der Waals surface area contributed by atoms with Gasteiger partial charge in [0.15, 0.2) is 0 Å². The number of thiophene rings is 1. The fourth-order valence-electron chi connectivity index (χ4n) is 1.73. The van der Waals surface area contributed by atoms with Crippen molar-refractivity contribution < 1.29 is 4.79 Å². The zero-order valence-electron chi connectivity index (χ0n) is 11.6. The Balaban J connectivity index is 1.92. The Kier molecular flexibility index (Phi) is 5.06. The first-order chi connectivity index (χ1) is 9.65. The van der Waals surface area contributed by atoms with Crippen molar-refractivity contribution in [2.45, 2.75) is 26.4 Å². The van der Waals surface area contributed by atoms with Crippen LogP contribution in [0.1, 0.15) is 18.7 Å². The van der Waals surface area contributed by atoms with Gasteiger partial charge >= 0.3 is 0 Å². The molecular weight excluding hydrogens is 272 g/mol. The van der Waals surface area contributed by atoms with Gasteiger partial charge in [0, 0.05) is 17.2 Å². The highest BCUT2D eigenvalue weighted by Crippen LogP contribution is 2.10. The van der Waals surface area contributed by atoms with Gasteiger partial charge in [-0.1, -0.05) is 25.1 Å². The molecule has 0 spiro atoms. The summed E-state index contributed by atoms with van der Waals surface area (Å²) in [6.07, 6.45) is 6.83. The average molecular weight is 290 g/mol. The molecule has 1 N–H and O–H groups in total. The fourth-order valence-corrected chi connectivity index (χ4v) is 2.35. The Bertz CT molecular complexity index is 546. The molecule has 2 aromatic heterocycles. The Morgan fingerprint density at radius 1 is 1.55 bits per heavy atom. The molecule has 106 valence electrons. The van der Waals surface area contributed by atoms with E-state index in [9.17, 15) is 4.79 Å². The molecule has 0 radical (unpaired) electrons. The molecule has 0 aromatic carbocycles. The van der Waals surface area contributed by atoms with Crippen molar-refractivity contribution in [2.24, 2.45) is 5.92 Å². The highest BCUT2D eigenvalue weighted by Gasteiger charge is 2.15. The molecule has 0 unspecified atom stereocenters. The summed E-state index contributed by atoms with van der Waals surface area (Å²) in [5, 5.41) is 12.7. The third-order valence-electron chi connectivity index (χ3n) is 2.93. The zero-order valence-corrected chi connectivity index (χ0v) is 12.4. The van der Waals surface area contributed by atoms with E-state index in [1.165, 1.54) is 0 Å². The van der Waals surface area contributed by atoms with Gasteiger partial charge in [0.1, 0.15) is 0 Å². The molecule has 0 fully saturated rings. The molecule has 2 rings (SSSR count). The van der Waals surface area contributed by atoms with E-state index in [1.54, 1.807) is 34.5 Å². The average Bonchev–Trinajstić information content (AvgIpc) is 3.08. The van der Waals surface area contributed by atoms with Gasteiger partial charge in [-0.3, -0.25) is 9.48 Å². The maximum Gasteiger partial charge on any atom is 0.244 e. The van der Waals surface area contributed by atoms with E-state index in [0.29, 0.717) is 12.5 Å². The zero-order chi connectivity index (χ0) is 14.4. The first-order valence-electron chi connectivity index (χ1n) is 6.51. The SMILES string of the molecule is CC(C)[C@@H](Cn1ccnn1)NC(=O)/C=C/c1cccs1. The highest BCUT2D eigenvalue weighted by molar-refractivity contribution is 7.10. The minimum Gasteiger partial charge on any atom is -0.348 e. The van der Waals surface area contributed by atoms with E-state index in [1.807, 2.05) is 23.6 Å². The summed E-state index contributed by atoms with van der Waals surface area (Å²) in [5.74, 6) is 0.232. The molecule has 1 atom stereocenters. The van der Waals surface area contributed by atoms with Gasteiger partial charge in [-0.05, 0) is 23.4 Å². The molecule has 6 heteroatoms. The summed E-state index contributed by atoms with van der Waals surface area (Å²) in [4.78, 5) is 13.0. The van der Waals surface area contributed by atoms with Gasteiger partial charge in [0.05, 0.1) is 18.8 Å². The minimum atomic E-state index is -0.0859. The highest BCUT2D eigenvalue weighted by atomic mass is 32.1. The van der Waals surface area contributed by atoms with Crippen LogP contribution in [0.3, 0.4) is 0 Å². The van der Waals surface area contributed by atoms with E-state index in [4.69, 9.17) is 0 Å². The third kappa shape index (κ3) is 4.31. The molecule has 0 aliphatic carbocycles. The van der Waals surface area contributed by atoms with E-state index in [2.05, 4.69) is 29.5 Å². The molecule has 2 heterocycles. The predicted molar refractivity (Wildman–Crippen MR) is 80.1 cm³/mol. The van der Waals surface area contributed by atoms with Crippen molar-refractivity contribution in [1.82, 2.24) is 20.3 Å². The van der Waals surface area contributed by atoms with E-state index >= 15 is 0 Å². The number of aromatic nitrogens is 3. The molecule has 0 saturated carbocycles. The number of hydrogen-bond donors (Lipinski definition) is 1. The van der Waals surface area contributed by atoms with E-state index < -0.39 is 0 Å². The molecule has 20 heavy (non-hydrogen) atoms. The Morgan fingerprint density at radius 3 is 3.00 bits per heavy atom. The number of amides is 1. The first kappa shape index (κ1) is 14.5. The number of carbonyl (C=O) groups is 1. The van der Waals surface area contributed by atoms with Gasteiger partial charge in [-0.25, -0.2) is 0 Å². The summed E-state index contributed by atoms with van der Waals surface area (Å²) in [6.45, 7) is 4.77. The van der Waals surface area contributed by atoms with Crippen LogP contribution in [-0.4, -0.2) is 26.9 Å². The first-order valence-corrected chi connectivity index (χ1v) is 7.39. The lowest BCUT2D eigenvalue weighted by atomic mass is 10.0. The molecule has 5 nitrogen and oxygen atoms in total. The van der Waals surface area contributed by atoms with Crippen LogP contribution in [-0.2, 0) is 11.3 Å².